The van der Waals surface area contributed by atoms with Crippen LogP contribution in [0.15, 0.2) is 6.33 Å². The van der Waals surface area contributed by atoms with Gasteiger partial charge in [-0.15, -0.1) is 0 Å². The molecular formula is C15H24ClN3. The number of piperidine rings is 1. The number of hydrogen-bond acceptors (Lipinski definition) is 3. The van der Waals surface area contributed by atoms with E-state index in [1.165, 1.54) is 32.1 Å². The minimum Gasteiger partial charge on any atom is -0.353 e. The minimum absolute atomic E-state index is 0.355. The first-order valence-electron chi connectivity index (χ1n) is 7.42. The second-order valence-corrected chi connectivity index (χ2v) is 6.05. The molecule has 2 rings (SSSR count). The molecule has 0 aliphatic carbocycles. The highest BCUT2D eigenvalue weighted by Gasteiger charge is 2.26. The summed E-state index contributed by atoms with van der Waals surface area (Å²) in [5.74, 6) is 1.42. The minimum atomic E-state index is 0.355. The van der Waals surface area contributed by atoms with E-state index in [4.69, 9.17) is 11.6 Å². The van der Waals surface area contributed by atoms with Crippen LogP contribution < -0.4 is 4.90 Å². The third-order valence-electron chi connectivity index (χ3n) is 3.91. The summed E-state index contributed by atoms with van der Waals surface area (Å²) in [6.07, 6.45) is 7.90. The first kappa shape index (κ1) is 14.6. The monoisotopic (exact) mass is 281 g/mol. The fourth-order valence-corrected chi connectivity index (χ4v) is 3.35. The molecule has 0 amide bonds. The number of nitrogens with zero attached hydrogens (tertiary/aromatic N) is 3. The first-order valence-corrected chi connectivity index (χ1v) is 7.80. The maximum atomic E-state index is 6.29. The van der Waals surface area contributed by atoms with Crippen molar-refractivity contribution < 1.29 is 0 Å². The Morgan fingerprint density at radius 3 is 2.84 bits per heavy atom. The van der Waals surface area contributed by atoms with E-state index in [0.717, 1.165) is 17.9 Å². The first-order chi connectivity index (χ1) is 9.15. The lowest BCUT2D eigenvalue weighted by Gasteiger charge is -2.38. The van der Waals surface area contributed by atoms with Crippen LogP contribution in [0.25, 0.3) is 0 Å². The Balaban J connectivity index is 2.35. The van der Waals surface area contributed by atoms with Crippen molar-refractivity contribution in [3.05, 3.63) is 17.0 Å². The molecular weight excluding hydrogens is 258 g/mol. The van der Waals surface area contributed by atoms with Gasteiger partial charge in [0.2, 0.25) is 0 Å². The molecule has 1 aromatic rings. The van der Waals surface area contributed by atoms with E-state index in [0.29, 0.717) is 17.1 Å². The van der Waals surface area contributed by atoms with Crippen molar-refractivity contribution in [1.82, 2.24) is 9.97 Å². The van der Waals surface area contributed by atoms with E-state index >= 15 is 0 Å². The summed E-state index contributed by atoms with van der Waals surface area (Å²) in [5.41, 5.74) is 1.10. The van der Waals surface area contributed by atoms with E-state index in [-0.39, 0.29) is 0 Å². The van der Waals surface area contributed by atoms with Gasteiger partial charge in [-0.3, -0.25) is 0 Å². The average Bonchev–Trinajstić information content (AvgIpc) is 2.39. The second-order valence-electron chi connectivity index (χ2n) is 5.69. The van der Waals surface area contributed by atoms with Gasteiger partial charge < -0.3 is 4.90 Å². The maximum absolute atomic E-state index is 6.29. The van der Waals surface area contributed by atoms with Crippen LogP contribution in [0, 0.1) is 0 Å². The smallest absolute Gasteiger partial charge is 0.138 e. The summed E-state index contributed by atoms with van der Waals surface area (Å²) < 4.78 is 0. The molecule has 1 unspecified atom stereocenters. The van der Waals surface area contributed by atoms with Crippen LogP contribution in [0.4, 0.5) is 5.82 Å². The van der Waals surface area contributed by atoms with Crippen molar-refractivity contribution in [1.29, 1.82) is 0 Å². The molecule has 0 radical (unpaired) electrons. The van der Waals surface area contributed by atoms with Gasteiger partial charge in [-0.1, -0.05) is 38.8 Å². The van der Waals surface area contributed by atoms with Gasteiger partial charge >= 0.3 is 0 Å². The molecule has 1 saturated heterocycles. The molecule has 1 fully saturated rings. The zero-order chi connectivity index (χ0) is 13.8. The van der Waals surface area contributed by atoms with Gasteiger partial charge in [-0.2, -0.15) is 0 Å². The van der Waals surface area contributed by atoms with E-state index in [9.17, 15) is 0 Å². The molecule has 0 spiro atoms. The van der Waals surface area contributed by atoms with Crippen molar-refractivity contribution in [2.45, 2.75) is 64.8 Å². The SMILES string of the molecule is CCCC1CCCCN1c1ncnc(Cl)c1C(C)C. The standard InChI is InChI=1S/C15H24ClN3/c1-4-7-12-8-5-6-9-19(12)15-13(11(2)3)14(16)17-10-18-15/h10-12H,4-9H2,1-3H3. The molecule has 1 aromatic heterocycles. The lowest BCUT2D eigenvalue weighted by Crippen LogP contribution is -2.40. The molecule has 1 aliphatic heterocycles. The van der Waals surface area contributed by atoms with E-state index < -0.39 is 0 Å². The van der Waals surface area contributed by atoms with E-state index in [1.807, 2.05) is 0 Å². The Bertz CT molecular complexity index is 418. The lowest BCUT2D eigenvalue weighted by atomic mass is 9.96. The van der Waals surface area contributed by atoms with Crippen LogP contribution in [0.1, 0.15) is 64.4 Å². The van der Waals surface area contributed by atoms with Crippen molar-refractivity contribution in [3.63, 3.8) is 0 Å². The summed E-state index contributed by atoms with van der Waals surface area (Å²) in [5, 5.41) is 0.612. The van der Waals surface area contributed by atoms with Crippen LogP contribution in [-0.2, 0) is 0 Å². The summed E-state index contributed by atoms with van der Waals surface area (Å²) in [4.78, 5) is 11.2. The Kier molecular flexibility index (Phi) is 5.03. The molecule has 1 atom stereocenters. The van der Waals surface area contributed by atoms with Gasteiger partial charge in [-0.05, 0) is 31.6 Å². The quantitative estimate of drug-likeness (QED) is 0.766. The lowest BCUT2D eigenvalue weighted by molar-refractivity contribution is 0.430. The summed E-state index contributed by atoms with van der Waals surface area (Å²) in [6.45, 7) is 7.67. The van der Waals surface area contributed by atoms with Gasteiger partial charge in [0.05, 0.1) is 0 Å². The highest BCUT2D eigenvalue weighted by atomic mass is 35.5. The average molecular weight is 282 g/mol. The number of hydrogen-bond donors (Lipinski definition) is 0. The maximum Gasteiger partial charge on any atom is 0.138 e. The zero-order valence-electron chi connectivity index (χ0n) is 12.2. The highest BCUT2D eigenvalue weighted by Crippen LogP contribution is 2.34. The highest BCUT2D eigenvalue weighted by molar-refractivity contribution is 6.30. The largest absolute Gasteiger partial charge is 0.353 e. The predicted octanol–water partition coefficient (Wildman–Crippen LogP) is 4.41. The van der Waals surface area contributed by atoms with Gasteiger partial charge in [0.25, 0.3) is 0 Å². The van der Waals surface area contributed by atoms with Gasteiger partial charge in [0.15, 0.2) is 0 Å². The summed E-state index contributed by atoms with van der Waals surface area (Å²) in [7, 11) is 0. The fourth-order valence-electron chi connectivity index (χ4n) is 3.00. The van der Waals surface area contributed by atoms with E-state index in [1.54, 1.807) is 6.33 Å². The third kappa shape index (κ3) is 3.19. The number of anilines is 1. The molecule has 0 aromatic carbocycles. The Labute approximate surface area is 121 Å². The van der Waals surface area contributed by atoms with Crippen LogP contribution in [0.5, 0.6) is 0 Å². The van der Waals surface area contributed by atoms with Gasteiger partial charge in [0.1, 0.15) is 17.3 Å². The molecule has 0 saturated carbocycles. The number of aromatic nitrogens is 2. The number of rotatable bonds is 4. The van der Waals surface area contributed by atoms with Gasteiger partial charge in [0, 0.05) is 18.2 Å². The molecule has 19 heavy (non-hydrogen) atoms. The zero-order valence-corrected chi connectivity index (χ0v) is 13.0. The van der Waals surface area contributed by atoms with Crippen LogP contribution in [0.2, 0.25) is 5.15 Å². The molecule has 0 bridgehead atoms. The van der Waals surface area contributed by atoms with Crippen LogP contribution >= 0.6 is 11.6 Å². The van der Waals surface area contributed by atoms with Crippen molar-refractivity contribution in [2.24, 2.45) is 0 Å². The van der Waals surface area contributed by atoms with Crippen molar-refractivity contribution >= 4 is 17.4 Å². The van der Waals surface area contributed by atoms with Crippen molar-refractivity contribution in [2.75, 3.05) is 11.4 Å². The summed E-state index contributed by atoms with van der Waals surface area (Å²) in [6, 6.07) is 0.613. The molecule has 4 heteroatoms. The topological polar surface area (TPSA) is 29.0 Å². The normalized spacial score (nSPS) is 20.1. The molecule has 1 aliphatic rings. The Morgan fingerprint density at radius 2 is 2.16 bits per heavy atom. The summed E-state index contributed by atoms with van der Waals surface area (Å²) >= 11 is 6.29. The Hall–Kier alpha value is -0.830. The third-order valence-corrected chi connectivity index (χ3v) is 4.21. The van der Waals surface area contributed by atoms with Crippen molar-refractivity contribution in [3.8, 4) is 0 Å². The van der Waals surface area contributed by atoms with E-state index in [2.05, 4.69) is 35.6 Å². The molecule has 0 N–H and O–H groups in total. The van der Waals surface area contributed by atoms with Crippen LogP contribution in [-0.4, -0.2) is 22.6 Å². The molecule has 106 valence electrons. The van der Waals surface area contributed by atoms with Crippen LogP contribution in [0.3, 0.4) is 0 Å². The molecule has 3 nitrogen and oxygen atoms in total. The second kappa shape index (κ2) is 6.56. The number of halogens is 1. The molecule has 2 heterocycles. The predicted molar refractivity (Wildman–Crippen MR) is 81.0 cm³/mol. The van der Waals surface area contributed by atoms with Gasteiger partial charge in [-0.25, -0.2) is 9.97 Å². The fraction of sp³-hybridized carbons (Fsp3) is 0.733. The Morgan fingerprint density at radius 1 is 1.37 bits per heavy atom.